The van der Waals surface area contributed by atoms with Crippen molar-refractivity contribution >= 4 is 67.1 Å². The van der Waals surface area contributed by atoms with Crippen LogP contribution in [0.2, 0.25) is 10.0 Å². The molecule has 0 aliphatic carbocycles. The number of carbonyl (C=O) groups is 1. The van der Waals surface area contributed by atoms with Crippen molar-refractivity contribution in [2.24, 2.45) is 10.2 Å². The standard InChI is InChI=1S/C26H21Cl2N3O6S.Na/c1-3-17-21(28)11-16(13-23(17)38(34,35)36)30-31-24-18-7-5-4-6-14(18)10-19(25(24)32)26(33)29-15-8-9-20(27)22(12-15)37-2;/h4-13,32H,3H2,1-2H3,(H,29,33)(H,34,35,36);/q;+1/p-1. The first-order valence-electron chi connectivity index (χ1n) is 11.1. The van der Waals surface area contributed by atoms with Crippen LogP contribution in [-0.2, 0) is 16.5 Å². The number of halogens is 2. The van der Waals surface area contributed by atoms with Gasteiger partial charge in [-0.15, -0.1) is 0 Å². The van der Waals surface area contributed by atoms with Gasteiger partial charge in [0.25, 0.3) is 16.0 Å². The maximum atomic E-state index is 13.4. The molecule has 0 aliphatic heterocycles. The van der Waals surface area contributed by atoms with Crippen LogP contribution in [0.1, 0.15) is 22.8 Å². The zero-order chi connectivity index (χ0) is 27.6. The first-order chi connectivity index (χ1) is 18.0. The Bertz CT molecular complexity index is 1710. The van der Waals surface area contributed by atoms with Gasteiger partial charge in [0.05, 0.1) is 23.5 Å². The summed E-state index contributed by atoms with van der Waals surface area (Å²) in [6, 6.07) is 15.3. The van der Waals surface area contributed by atoms with Crippen LogP contribution in [-0.4, -0.2) is 26.0 Å². The third-order valence-corrected chi connectivity index (χ3v) is 7.23. The van der Waals surface area contributed by atoms with Crippen molar-refractivity contribution in [3.8, 4) is 11.5 Å². The molecule has 4 rings (SSSR count). The molecule has 4 aromatic carbocycles. The van der Waals surface area contributed by atoms with E-state index < -0.39 is 26.7 Å². The molecule has 0 saturated carbocycles. The summed E-state index contributed by atoms with van der Waals surface area (Å²) in [4.78, 5) is 12.7. The summed E-state index contributed by atoms with van der Waals surface area (Å²) in [5.74, 6) is -1.04. The number of fused-ring (bicyclic) bond motifs is 1. The number of rotatable bonds is 7. The van der Waals surface area contributed by atoms with Crippen molar-refractivity contribution in [1.82, 2.24) is 0 Å². The van der Waals surface area contributed by atoms with Crippen LogP contribution in [0, 0.1) is 0 Å². The summed E-state index contributed by atoms with van der Waals surface area (Å²) in [5, 5.41) is 25.5. The zero-order valence-corrected chi connectivity index (χ0v) is 25.4. The summed E-state index contributed by atoms with van der Waals surface area (Å²) in [7, 11) is -3.15. The average molecular weight is 596 g/mol. The fourth-order valence-corrected chi connectivity index (χ4v) is 5.28. The van der Waals surface area contributed by atoms with Crippen LogP contribution < -0.4 is 44.7 Å². The molecule has 39 heavy (non-hydrogen) atoms. The molecule has 0 aromatic heterocycles. The van der Waals surface area contributed by atoms with E-state index in [1.807, 2.05) is 0 Å². The number of carbonyl (C=O) groups excluding carboxylic acids is 1. The third-order valence-electron chi connectivity index (χ3n) is 5.67. The van der Waals surface area contributed by atoms with Crippen molar-refractivity contribution in [2.45, 2.75) is 18.2 Å². The summed E-state index contributed by atoms with van der Waals surface area (Å²) in [6.45, 7) is 1.68. The van der Waals surface area contributed by atoms with Crippen molar-refractivity contribution in [1.29, 1.82) is 0 Å². The van der Waals surface area contributed by atoms with Crippen LogP contribution in [0.15, 0.2) is 75.8 Å². The average Bonchev–Trinajstić information content (AvgIpc) is 2.88. The van der Waals surface area contributed by atoms with Gasteiger partial charge >= 0.3 is 29.6 Å². The Labute approximate surface area is 256 Å². The zero-order valence-electron chi connectivity index (χ0n) is 21.0. The molecule has 1 amide bonds. The monoisotopic (exact) mass is 595 g/mol. The smallest absolute Gasteiger partial charge is 0.870 e. The molecule has 0 bridgehead atoms. The molecule has 0 saturated heterocycles. The van der Waals surface area contributed by atoms with Crippen molar-refractivity contribution < 1.29 is 57.2 Å². The van der Waals surface area contributed by atoms with E-state index in [-0.39, 0.29) is 63.5 Å². The van der Waals surface area contributed by atoms with E-state index in [9.17, 15) is 22.9 Å². The van der Waals surface area contributed by atoms with Crippen LogP contribution in [0.3, 0.4) is 0 Å². The van der Waals surface area contributed by atoms with Gasteiger partial charge in [-0.2, -0.15) is 18.6 Å². The molecule has 0 spiro atoms. The van der Waals surface area contributed by atoms with Crippen LogP contribution in [0.5, 0.6) is 11.5 Å². The van der Waals surface area contributed by atoms with Gasteiger partial charge < -0.3 is 15.2 Å². The molecule has 4 aromatic rings. The molecule has 196 valence electrons. The Balaban J connectivity index is 0.00000420. The molecule has 2 N–H and O–H groups in total. The Hall–Kier alpha value is -2.70. The Kier molecular flexibility index (Phi) is 10.0. The number of hydrogen-bond donors (Lipinski definition) is 2. The largest absolute Gasteiger partial charge is 1.00 e. The second-order valence-electron chi connectivity index (χ2n) is 8.06. The molecular formula is C26H20Cl2N3NaO6S. The maximum Gasteiger partial charge on any atom is 1.00 e. The maximum absolute atomic E-state index is 13.4. The molecule has 0 radical (unpaired) electrons. The molecule has 9 nitrogen and oxygen atoms in total. The van der Waals surface area contributed by atoms with Gasteiger partial charge in [-0.25, -0.2) is 0 Å². The first kappa shape index (κ1) is 30.8. The van der Waals surface area contributed by atoms with E-state index in [4.69, 9.17) is 27.9 Å². The number of nitrogens with one attached hydrogen (secondary N) is 1. The second kappa shape index (κ2) is 12.6. The van der Waals surface area contributed by atoms with Gasteiger partial charge in [-0.05, 0) is 47.7 Å². The number of amides is 1. The van der Waals surface area contributed by atoms with Crippen molar-refractivity contribution in [2.75, 3.05) is 12.4 Å². The third kappa shape index (κ3) is 6.72. The predicted octanol–water partition coefficient (Wildman–Crippen LogP) is 3.71. The van der Waals surface area contributed by atoms with E-state index in [2.05, 4.69) is 15.5 Å². The molecular weight excluding hydrogens is 576 g/mol. The molecule has 0 atom stereocenters. The fourth-order valence-electron chi connectivity index (χ4n) is 3.85. The number of anilines is 1. The Morgan fingerprint density at radius 1 is 1.05 bits per heavy atom. The number of methoxy groups -OCH3 is 1. The minimum atomic E-state index is -4.59. The predicted molar refractivity (Wildman–Crippen MR) is 144 cm³/mol. The number of hydrogen-bond acceptors (Lipinski definition) is 7. The summed E-state index contributed by atoms with van der Waals surface area (Å²) < 4.78 is 38.5. The number of ether oxygens (including phenoxy) is 1. The van der Waals surface area contributed by atoms with E-state index in [0.717, 1.165) is 6.07 Å². The summed E-state index contributed by atoms with van der Waals surface area (Å²) >= 11 is 12.3. The van der Waals surface area contributed by atoms with Gasteiger partial charge in [0.1, 0.15) is 10.6 Å². The van der Waals surface area contributed by atoms with Gasteiger partial charge in [0.2, 0.25) is 0 Å². The molecule has 13 heteroatoms. The normalized spacial score (nSPS) is 11.4. The van der Waals surface area contributed by atoms with Gasteiger partial charge in [-0.1, -0.05) is 60.1 Å². The van der Waals surface area contributed by atoms with Crippen molar-refractivity contribution in [3.05, 3.63) is 81.8 Å². The molecule has 0 fully saturated rings. The number of nitrogens with zero attached hydrogens (tertiary/aromatic N) is 2. The van der Waals surface area contributed by atoms with Gasteiger partial charge in [0.15, 0.2) is 0 Å². The second-order valence-corrected chi connectivity index (χ2v) is 10.3. The quantitative estimate of drug-likeness (QED) is 0.189. The summed E-state index contributed by atoms with van der Waals surface area (Å²) in [5.41, 5.74) is 0.248. The molecule has 0 heterocycles. The van der Waals surface area contributed by atoms with Crippen LogP contribution in [0.25, 0.3) is 10.8 Å². The number of benzene rings is 4. The van der Waals surface area contributed by atoms with Crippen molar-refractivity contribution in [3.63, 3.8) is 0 Å². The summed E-state index contributed by atoms with van der Waals surface area (Å²) in [6.07, 6.45) is 0.247. The van der Waals surface area contributed by atoms with Crippen LogP contribution >= 0.6 is 23.2 Å². The topological polar surface area (TPSA) is 140 Å². The van der Waals surface area contributed by atoms with Crippen LogP contribution in [0.4, 0.5) is 17.1 Å². The van der Waals surface area contributed by atoms with Gasteiger partial charge in [-0.3, -0.25) is 9.35 Å². The minimum Gasteiger partial charge on any atom is -0.870 e. The molecule has 0 unspecified atom stereocenters. The van der Waals surface area contributed by atoms with E-state index in [1.54, 1.807) is 43.3 Å². The Morgan fingerprint density at radius 3 is 2.44 bits per heavy atom. The minimum absolute atomic E-state index is 0. The fraction of sp³-hybridized carbons (Fsp3) is 0.115. The first-order valence-corrected chi connectivity index (χ1v) is 13.3. The van der Waals surface area contributed by atoms with E-state index in [0.29, 0.717) is 27.2 Å². The van der Waals surface area contributed by atoms with E-state index in [1.165, 1.54) is 25.3 Å². The van der Waals surface area contributed by atoms with E-state index >= 15 is 0 Å². The molecule has 0 aliphatic rings. The van der Waals surface area contributed by atoms with Gasteiger partial charge in [0, 0.05) is 27.7 Å². The SMILES string of the molecule is CCc1c(Cl)cc(N=Nc2c([O-])c(C(=O)Nc3ccc(Cl)c(OC)c3)cc3ccccc23)cc1S(=O)(=O)O.[Na+]. The Morgan fingerprint density at radius 2 is 1.77 bits per heavy atom. The number of azo groups is 1.